The molecule has 1 aliphatic rings. The molecular formula is C20H39Li. The van der Waals surface area contributed by atoms with Gasteiger partial charge in [0.25, 0.3) is 0 Å². The van der Waals surface area contributed by atoms with Gasteiger partial charge in [-0.25, -0.2) is 0 Å². The second-order valence-electron chi connectivity index (χ2n) is 7.19. The number of hydrogen-bond acceptors (Lipinski definition) is 0. The van der Waals surface area contributed by atoms with Gasteiger partial charge in [-0.2, -0.15) is 12.8 Å². The molecule has 1 fully saturated rings. The predicted octanol–water partition coefficient (Wildman–Crippen LogP) is 4.48. The van der Waals surface area contributed by atoms with Gasteiger partial charge in [0.2, 0.25) is 0 Å². The molecule has 21 heavy (non-hydrogen) atoms. The molecule has 1 saturated carbocycles. The first-order valence-corrected chi connectivity index (χ1v) is 9.64. The first-order valence-electron chi connectivity index (χ1n) is 9.64. The van der Waals surface area contributed by atoms with Gasteiger partial charge < -0.3 is 6.42 Å². The van der Waals surface area contributed by atoms with E-state index in [2.05, 4.69) is 20.3 Å². The van der Waals surface area contributed by atoms with Gasteiger partial charge in [0.05, 0.1) is 0 Å². The van der Waals surface area contributed by atoms with Crippen LogP contribution in [-0.2, 0) is 0 Å². The molecule has 0 unspecified atom stereocenters. The van der Waals surface area contributed by atoms with Crippen LogP contribution in [0.4, 0.5) is 0 Å². The molecular weight excluding hydrogens is 247 g/mol. The third-order valence-corrected chi connectivity index (χ3v) is 5.38. The van der Waals surface area contributed by atoms with E-state index in [1.807, 2.05) is 0 Å². The Morgan fingerprint density at radius 2 is 1.10 bits per heavy atom. The van der Waals surface area contributed by atoms with Crippen molar-refractivity contribution in [3.63, 3.8) is 0 Å². The molecule has 0 aliphatic heterocycles. The van der Waals surface area contributed by atoms with Crippen LogP contribution in [0.15, 0.2) is 0 Å². The van der Waals surface area contributed by atoms with Crippen molar-refractivity contribution in [2.75, 3.05) is 0 Å². The fourth-order valence-electron chi connectivity index (χ4n) is 3.92. The molecule has 1 heteroatoms. The fourth-order valence-corrected chi connectivity index (χ4v) is 3.92. The maximum atomic E-state index is 2.53. The van der Waals surface area contributed by atoms with Crippen LogP contribution in [-0.4, -0.2) is 0 Å². The number of unbranched alkanes of at least 4 members (excludes halogenated alkanes) is 8. The molecule has 0 amide bonds. The summed E-state index contributed by atoms with van der Waals surface area (Å²) in [6.45, 7) is 4.63. The molecule has 0 bridgehead atoms. The SMILES string of the molecule is CCCCCCCC1(CCCCCCC)CC[CH-]CC1.[Li+]. The molecule has 0 N–H and O–H groups in total. The van der Waals surface area contributed by atoms with Crippen LogP contribution in [0.3, 0.4) is 0 Å². The maximum Gasteiger partial charge on any atom is 1.00 e. The van der Waals surface area contributed by atoms with Gasteiger partial charge in [0.15, 0.2) is 0 Å². The van der Waals surface area contributed by atoms with E-state index in [9.17, 15) is 0 Å². The van der Waals surface area contributed by atoms with Crippen LogP contribution < -0.4 is 18.9 Å². The monoisotopic (exact) mass is 286 g/mol. The molecule has 120 valence electrons. The maximum absolute atomic E-state index is 2.53. The molecule has 1 rings (SSSR count). The van der Waals surface area contributed by atoms with Gasteiger partial charge in [-0.05, 0) is 18.3 Å². The average Bonchev–Trinajstić information content (AvgIpc) is 2.48. The Morgan fingerprint density at radius 3 is 1.52 bits per heavy atom. The van der Waals surface area contributed by atoms with E-state index in [0.717, 1.165) is 5.41 Å². The minimum atomic E-state index is 0. The van der Waals surface area contributed by atoms with Crippen molar-refractivity contribution >= 4 is 0 Å². The Hall–Kier alpha value is 0.597. The van der Waals surface area contributed by atoms with Crippen molar-refractivity contribution in [3.8, 4) is 0 Å². The first-order chi connectivity index (χ1) is 9.83. The van der Waals surface area contributed by atoms with E-state index in [4.69, 9.17) is 0 Å². The second kappa shape index (κ2) is 14.2. The van der Waals surface area contributed by atoms with Gasteiger partial charge in [0.1, 0.15) is 0 Å². The van der Waals surface area contributed by atoms with E-state index in [1.54, 1.807) is 0 Å². The summed E-state index contributed by atoms with van der Waals surface area (Å²) in [4.78, 5) is 0. The summed E-state index contributed by atoms with van der Waals surface area (Å²) in [5.41, 5.74) is 0.743. The summed E-state index contributed by atoms with van der Waals surface area (Å²) < 4.78 is 0. The van der Waals surface area contributed by atoms with Gasteiger partial charge >= 0.3 is 18.9 Å². The van der Waals surface area contributed by atoms with Gasteiger partial charge in [0, 0.05) is 0 Å². The van der Waals surface area contributed by atoms with Crippen molar-refractivity contribution in [1.29, 1.82) is 0 Å². The number of rotatable bonds is 12. The Bertz CT molecular complexity index is 190. The van der Waals surface area contributed by atoms with Crippen molar-refractivity contribution in [1.82, 2.24) is 0 Å². The molecule has 0 heterocycles. The van der Waals surface area contributed by atoms with E-state index >= 15 is 0 Å². The summed E-state index contributed by atoms with van der Waals surface area (Å²) in [5, 5.41) is 0. The zero-order valence-corrected chi connectivity index (χ0v) is 15.4. The third-order valence-electron chi connectivity index (χ3n) is 5.38. The Morgan fingerprint density at radius 1 is 0.667 bits per heavy atom. The normalized spacial score (nSPS) is 17.4. The van der Waals surface area contributed by atoms with Crippen molar-refractivity contribution in [3.05, 3.63) is 6.42 Å². The van der Waals surface area contributed by atoms with E-state index in [-0.39, 0.29) is 18.9 Å². The van der Waals surface area contributed by atoms with Crippen LogP contribution in [0, 0.1) is 11.8 Å². The zero-order chi connectivity index (χ0) is 14.5. The molecule has 0 aromatic heterocycles. The topological polar surface area (TPSA) is 0 Å². The summed E-state index contributed by atoms with van der Waals surface area (Å²) in [5.74, 6) is 0. The van der Waals surface area contributed by atoms with Crippen LogP contribution in [0.25, 0.3) is 0 Å². The molecule has 0 radical (unpaired) electrons. The third kappa shape index (κ3) is 10.1. The molecule has 0 spiro atoms. The fraction of sp³-hybridized carbons (Fsp3) is 0.950. The van der Waals surface area contributed by atoms with Crippen molar-refractivity contribution in [2.24, 2.45) is 5.41 Å². The van der Waals surface area contributed by atoms with Gasteiger partial charge in [-0.1, -0.05) is 90.9 Å². The molecule has 0 aromatic carbocycles. The van der Waals surface area contributed by atoms with E-state index in [1.165, 1.54) is 103 Å². The first kappa shape index (κ1) is 21.6. The average molecular weight is 286 g/mol. The zero-order valence-electron chi connectivity index (χ0n) is 15.4. The predicted molar refractivity (Wildman–Crippen MR) is 92.0 cm³/mol. The van der Waals surface area contributed by atoms with E-state index < -0.39 is 0 Å². The molecule has 0 atom stereocenters. The largest absolute Gasteiger partial charge is 1.00 e. The van der Waals surface area contributed by atoms with Gasteiger partial charge in [-0.3, -0.25) is 0 Å². The standard InChI is InChI=1S/C20H39.Li/c1-3-5-7-9-12-16-20(18-14-11-15-19-20)17-13-10-8-6-4-2;/h11H,3-10,12-19H2,1-2H3;/q-1;+1. The minimum absolute atomic E-state index is 0. The van der Waals surface area contributed by atoms with Crippen LogP contribution in [0.5, 0.6) is 0 Å². The summed E-state index contributed by atoms with van der Waals surface area (Å²) in [6.07, 6.45) is 25.9. The van der Waals surface area contributed by atoms with Crippen molar-refractivity contribution < 1.29 is 18.9 Å². The van der Waals surface area contributed by atoms with E-state index in [0.29, 0.717) is 0 Å². The molecule has 0 nitrogen and oxygen atoms in total. The summed E-state index contributed by atoms with van der Waals surface area (Å²) >= 11 is 0. The second-order valence-corrected chi connectivity index (χ2v) is 7.19. The van der Waals surface area contributed by atoms with Crippen LogP contribution >= 0.6 is 0 Å². The Balaban J connectivity index is 0.00000400. The van der Waals surface area contributed by atoms with Gasteiger partial charge in [-0.15, -0.1) is 0 Å². The molecule has 1 aliphatic carbocycles. The smallest absolute Gasteiger partial charge is 0.328 e. The summed E-state index contributed by atoms with van der Waals surface area (Å²) in [7, 11) is 0. The van der Waals surface area contributed by atoms with Crippen molar-refractivity contribution in [2.45, 2.75) is 117 Å². The minimum Gasteiger partial charge on any atom is -0.328 e. The van der Waals surface area contributed by atoms with Crippen LogP contribution in [0.2, 0.25) is 0 Å². The molecule has 0 saturated heterocycles. The summed E-state index contributed by atoms with van der Waals surface area (Å²) in [6, 6.07) is 0. The quantitative estimate of drug-likeness (QED) is 0.282. The molecule has 0 aromatic rings. The number of hydrogen-bond donors (Lipinski definition) is 0. The van der Waals surface area contributed by atoms with Crippen LogP contribution in [0.1, 0.15) is 117 Å². The Kier molecular flexibility index (Phi) is 14.6. The Labute approximate surface area is 147 Å².